The molecular formula is C21H13Cl2FN4O3S2. The highest BCUT2D eigenvalue weighted by molar-refractivity contribution is 7.99. The summed E-state index contributed by atoms with van der Waals surface area (Å²) in [6, 6.07) is 10.4. The quantitative estimate of drug-likeness (QED) is 0.294. The van der Waals surface area contributed by atoms with Crippen LogP contribution in [0.15, 0.2) is 59.2 Å². The number of imidazole rings is 1. The summed E-state index contributed by atoms with van der Waals surface area (Å²) in [4.78, 5) is 32.5. The Kier molecular flexibility index (Phi) is 6.99. The van der Waals surface area contributed by atoms with Gasteiger partial charge in [-0.2, -0.15) is 0 Å². The highest BCUT2D eigenvalue weighted by Crippen LogP contribution is 2.31. The minimum atomic E-state index is -1.19. The zero-order chi connectivity index (χ0) is 23.5. The molecule has 33 heavy (non-hydrogen) atoms. The number of hydrogen-bond donors (Lipinski definition) is 2. The van der Waals surface area contributed by atoms with E-state index in [4.69, 9.17) is 23.2 Å². The molecular weight excluding hydrogens is 510 g/mol. The van der Waals surface area contributed by atoms with Crippen molar-refractivity contribution in [2.45, 2.75) is 5.16 Å². The van der Waals surface area contributed by atoms with Gasteiger partial charge in [0.05, 0.1) is 27.7 Å². The van der Waals surface area contributed by atoms with E-state index < -0.39 is 11.8 Å². The van der Waals surface area contributed by atoms with Crippen molar-refractivity contribution in [1.29, 1.82) is 0 Å². The van der Waals surface area contributed by atoms with Crippen LogP contribution < -0.4 is 5.32 Å². The number of carboxylic acid groups (broad SMARTS) is 1. The van der Waals surface area contributed by atoms with Crippen LogP contribution in [0.1, 0.15) is 10.5 Å². The van der Waals surface area contributed by atoms with Gasteiger partial charge in [0.25, 0.3) is 0 Å². The van der Waals surface area contributed by atoms with Gasteiger partial charge in [-0.15, -0.1) is 11.3 Å². The number of carbonyl (C=O) groups excluding carboxylic acids is 1. The number of nitrogens with zero attached hydrogens (tertiary/aromatic N) is 3. The number of thioether (sulfide) groups is 1. The summed E-state index contributed by atoms with van der Waals surface area (Å²) >= 11 is 14.3. The Morgan fingerprint density at radius 3 is 2.61 bits per heavy atom. The summed E-state index contributed by atoms with van der Waals surface area (Å²) in [6.45, 7) is 0. The number of aromatic carboxylic acids is 1. The molecule has 0 aliphatic carbocycles. The molecule has 0 unspecified atom stereocenters. The van der Waals surface area contributed by atoms with E-state index in [0.29, 0.717) is 26.6 Å². The molecule has 0 aliphatic heterocycles. The lowest BCUT2D eigenvalue weighted by Gasteiger charge is -2.09. The number of carboxylic acids is 1. The molecule has 0 atom stereocenters. The molecule has 12 heteroatoms. The Hall–Kier alpha value is -2.92. The van der Waals surface area contributed by atoms with Crippen LogP contribution in [-0.2, 0) is 4.79 Å². The van der Waals surface area contributed by atoms with Crippen molar-refractivity contribution in [3.05, 3.63) is 75.6 Å². The van der Waals surface area contributed by atoms with E-state index in [1.807, 2.05) is 0 Å². The first-order chi connectivity index (χ1) is 15.8. The van der Waals surface area contributed by atoms with Gasteiger partial charge in [-0.25, -0.2) is 19.2 Å². The van der Waals surface area contributed by atoms with Gasteiger partial charge in [0, 0.05) is 16.6 Å². The van der Waals surface area contributed by atoms with E-state index in [0.717, 1.165) is 17.3 Å². The van der Waals surface area contributed by atoms with Crippen LogP contribution in [0.5, 0.6) is 0 Å². The van der Waals surface area contributed by atoms with Crippen LogP contribution >= 0.6 is 46.3 Å². The van der Waals surface area contributed by atoms with Crippen LogP contribution in [-0.4, -0.2) is 37.3 Å². The van der Waals surface area contributed by atoms with E-state index in [1.165, 1.54) is 46.4 Å². The SMILES string of the molecule is O=C(CSc1ncc(C(=O)O)n1-c1ccc(F)cc1)Nc1nc(-c2ccc(Cl)c(Cl)c2)cs1. The Bertz CT molecular complexity index is 1340. The second-order valence-electron chi connectivity index (χ2n) is 6.55. The van der Waals surface area contributed by atoms with Gasteiger partial charge in [0.2, 0.25) is 5.91 Å². The third-order valence-electron chi connectivity index (χ3n) is 4.33. The Morgan fingerprint density at radius 2 is 1.91 bits per heavy atom. The molecule has 0 saturated carbocycles. The lowest BCUT2D eigenvalue weighted by Crippen LogP contribution is -2.15. The van der Waals surface area contributed by atoms with E-state index >= 15 is 0 Å². The van der Waals surface area contributed by atoms with Crippen LogP contribution in [0, 0.1) is 5.82 Å². The zero-order valence-corrected chi connectivity index (χ0v) is 19.6. The first kappa shape index (κ1) is 23.2. The molecule has 0 aliphatic rings. The standard InChI is InChI=1S/C21H13Cl2FN4O3S2/c22-14-6-1-11(7-15(14)23)16-9-32-20(26-16)27-18(29)10-33-21-25-8-17(19(30)31)28(21)13-4-2-12(24)3-5-13/h1-9H,10H2,(H,30,31)(H,26,27,29). The Balaban J connectivity index is 1.45. The molecule has 4 rings (SSSR count). The summed E-state index contributed by atoms with van der Waals surface area (Å²) < 4.78 is 14.6. The molecule has 4 aromatic rings. The molecule has 0 fully saturated rings. The van der Waals surface area contributed by atoms with Gasteiger partial charge in [-0.1, -0.05) is 41.0 Å². The zero-order valence-electron chi connectivity index (χ0n) is 16.5. The van der Waals surface area contributed by atoms with E-state index in [1.54, 1.807) is 23.6 Å². The van der Waals surface area contributed by atoms with Crippen LogP contribution in [0.4, 0.5) is 9.52 Å². The predicted molar refractivity (Wildman–Crippen MR) is 127 cm³/mol. The summed E-state index contributed by atoms with van der Waals surface area (Å²) in [6.07, 6.45) is 1.19. The maximum atomic E-state index is 13.3. The molecule has 2 aromatic heterocycles. The van der Waals surface area contributed by atoms with Crippen LogP contribution in [0.3, 0.4) is 0 Å². The van der Waals surface area contributed by atoms with Crippen molar-refractivity contribution in [2.24, 2.45) is 0 Å². The highest BCUT2D eigenvalue weighted by atomic mass is 35.5. The number of hydrogen-bond acceptors (Lipinski definition) is 6. The normalized spacial score (nSPS) is 10.9. The first-order valence-corrected chi connectivity index (χ1v) is 11.8. The number of carbonyl (C=O) groups is 2. The van der Waals surface area contributed by atoms with Crippen molar-refractivity contribution in [2.75, 3.05) is 11.1 Å². The number of nitrogens with one attached hydrogen (secondary N) is 1. The molecule has 2 heterocycles. The minimum Gasteiger partial charge on any atom is -0.477 e. The second kappa shape index (κ2) is 9.92. The molecule has 0 saturated heterocycles. The number of rotatable bonds is 7. The van der Waals surface area contributed by atoms with Crippen molar-refractivity contribution >= 4 is 63.3 Å². The summed E-state index contributed by atoms with van der Waals surface area (Å²) in [5.41, 5.74) is 1.72. The van der Waals surface area contributed by atoms with Crippen LogP contribution in [0.2, 0.25) is 10.0 Å². The largest absolute Gasteiger partial charge is 0.477 e. The maximum Gasteiger partial charge on any atom is 0.354 e. The Morgan fingerprint density at radius 1 is 1.15 bits per heavy atom. The Labute approximate surface area is 205 Å². The number of aromatic nitrogens is 3. The molecule has 2 aromatic carbocycles. The maximum absolute atomic E-state index is 13.3. The van der Waals surface area contributed by atoms with Gasteiger partial charge in [0.1, 0.15) is 5.82 Å². The molecule has 0 spiro atoms. The molecule has 2 N–H and O–H groups in total. The first-order valence-electron chi connectivity index (χ1n) is 9.22. The van der Waals surface area contributed by atoms with E-state index in [2.05, 4.69) is 15.3 Å². The molecule has 0 bridgehead atoms. The number of benzene rings is 2. The predicted octanol–water partition coefficient (Wildman–Crippen LogP) is 5.87. The van der Waals surface area contributed by atoms with Crippen molar-refractivity contribution < 1.29 is 19.1 Å². The average molecular weight is 523 g/mol. The molecule has 7 nitrogen and oxygen atoms in total. The number of thiazole rings is 1. The second-order valence-corrected chi connectivity index (χ2v) is 9.16. The van der Waals surface area contributed by atoms with Crippen LogP contribution in [0.25, 0.3) is 16.9 Å². The highest BCUT2D eigenvalue weighted by Gasteiger charge is 2.19. The monoisotopic (exact) mass is 522 g/mol. The minimum absolute atomic E-state index is 0.0427. The van der Waals surface area contributed by atoms with Crippen molar-refractivity contribution in [1.82, 2.24) is 14.5 Å². The number of amides is 1. The van der Waals surface area contributed by atoms with Gasteiger partial charge in [-0.05, 0) is 36.4 Å². The topological polar surface area (TPSA) is 97.1 Å². The smallest absolute Gasteiger partial charge is 0.354 e. The average Bonchev–Trinajstić information content (AvgIpc) is 3.42. The fourth-order valence-electron chi connectivity index (χ4n) is 2.83. The van der Waals surface area contributed by atoms with Gasteiger partial charge in [-0.3, -0.25) is 9.36 Å². The van der Waals surface area contributed by atoms with E-state index in [9.17, 15) is 19.1 Å². The summed E-state index contributed by atoms with van der Waals surface area (Å²) in [5.74, 6) is -2.03. The number of anilines is 1. The lowest BCUT2D eigenvalue weighted by atomic mass is 10.2. The van der Waals surface area contributed by atoms with Gasteiger partial charge >= 0.3 is 5.97 Å². The lowest BCUT2D eigenvalue weighted by molar-refractivity contribution is -0.113. The third-order valence-corrected chi connectivity index (χ3v) is 6.78. The van der Waals surface area contributed by atoms with Gasteiger partial charge < -0.3 is 10.4 Å². The van der Waals surface area contributed by atoms with Gasteiger partial charge in [0.15, 0.2) is 16.0 Å². The molecule has 0 radical (unpaired) electrons. The van der Waals surface area contributed by atoms with Crippen molar-refractivity contribution in [3.8, 4) is 16.9 Å². The molecule has 168 valence electrons. The fraction of sp³-hybridized carbons (Fsp3) is 0.0476. The molecule has 1 amide bonds. The third kappa shape index (κ3) is 5.36. The number of halogens is 3. The van der Waals surface area contributed by atoms with Crippen molar-refractivity contribution in [3.63, 3.8) is 0 Å². The summed E-state index contributed by atoms with van der Waals surface area (Å²) in [7, 11) is 0. The fourth-order valence-corrected chi connectivity index (χ4v) is 4.66. The summed E-state index contributed by atoms with van der Waals surface area (Å²) in [5, 5.41) is 15.5. The van der Waals surface area contributed by atoms with E-state index in [-0.39, 0.29) is 22.5 Å².